The molecule has 0 aliphatic carbocycles. The Hall–Kier alpha value is -1.34. The number of aliphatic carboxylic acids is 1. The summed E-state index contributed by atoms with van der Waals surface area (Å²) in [6.07, 6.45) is 0.947. The molecule has 0 saturated heterocycles. The fourth-order valence-electron chi connectivity index (χ4n) is 1.33. The molecule has 0 aliphatic heterocycles. The third kappa shape index (κ3) is 7.08. The number of methoxy groups -OCH3 is 1. The van der Waals surface area contributed by atoms with E-state index in [9.17, 15) is 9.59 Å². The highest BCUT2D eigenvalue weighted by Crippen LogP contribution is 1.99. The lowest BCUT2D eigenvalue weighted by atomic mass is 10.1. The highest BCUT2D eigenvalue weighted by molar-refractivity contribution is 5.82. The highest BCUT2D eigenvalue weighted by atomic mass is 16.5. The van der Waals surface area contributed by atoms with Gasteiger partial charge in [0.2, 0.25) is 0 Å². The molecule has 0 aromatic heterocycles. The van der Waals surface area contributed by atoms with E-state index in [1.807, 2.05) is 0 Å². The molecule has 0 rings (SSSR count). The summed E-state index contributed by atoms with van der Waals surface area (Å²) in [4.78, 5) is 24.1. The minimum Gasteiger partial charge on any atom is -0.480 e. The van der Waals surface area contributed by atoms with Gasteiger partial charge in [0.15, 0.2) is 0 Å². The Morgan fingerprint density at radius 3 is 2.61 bits per heavy atom. The average molecular weight is 261 g/mol. The number of likely N-dealkylation sites (N-methyl/N-ethyl adjacent to an activating group) is 2. The molecule has 3 N–H and O–H groups in total. The van der Waals surface area contributed by atoms with Gasteiger partial charge in [0, 0.05) is 33.9 Å². The van der Waals surface area contributed by atoms with Gasteiger partial charge < -0.3 is 25.4 Å². The van der Waals surface area contributed by atoms with Crippen molar-refractivity contribution in [3.05, 3.63) is 0 Å². The van der Waals surface area contributed by atoms with Crippen LogP contribution in [0.2, 0.25) is 0 Å². The standard InChI is InChI=1S/C11H23N3O4/c1-12-6-7-14(2)11(17)13-9(10(15)16)5-4-8-18-3/h9,12H,4-8H2,1-3H3,(H,13,17)(H,15,16). The number of ether oxygens (including phenoxy) is 1. The molecule has 18 heavy (non-hydrogen) atoms. The number of hydrogen-bond donors (Lipinski definition) is 3. The van der Waals surface area contributed by atoms with E-state index in [-0.39, 0.29) is 6.03 Å². The zero-order chi connectivity index (χ0) is 14.0. The van der Waals surface area contributed by atoms with Crippen LogP contribution in [0.15, 0.2) is 0 Å². The maximum atomic E-state index is 11.7. The van der Waals surface area contributed by atoms with E-state index < -0.39 is 12.0 Å². The first-order valence-electron chi connectivity index (χ1n) is 5.90. The largest absolute Gasteiger partial charge is 0.480 e. The van der Waals surface area contributed by atoms with Crippen molar-refractivity contribution in [3.63, 3.8) is 0 Å². The summed E-state index contributed by atoms with van der Waals surface area (Å²) in [5.74, 6) is -1.03. The lowest BCUT2D eigenvalue weighted by molar-refractivity contribution is -0.139. The van der Waals surface area contributed by atoms with Crippen LogP contribution in [-0.4, -0.2) is 69.0 Å². The number of carbonyl (C=O) groups excluding carboxylic acids is 1. The van der Waals surface area contributed by atoms with Crippen molar-refractivity contribution in [1.82, 2.24) is 15.5 Å². The number of amides is 2. The van der Waals surface area contributed by atoms with Crippen LogP contribution in [0, 0.1) is 0 Å². The van der Waals surface area contributed by atoms with Crippen molar-refractivity contribution in [1.29, 1.82) is 0 Å². The Labute approximate surface area is 107 Å². The van der Waals surface area contributed by atoms with Gasteiger partial charge in [-0.1, -0.05) is 0 Å². The van der Waals surface area contributed by atoms with Gasteiger partial charge in [0.1, 0.15) is 6.04 Å². The fourth-order valence-corrected chi connectivity index (χ4v) is 1.33. The molecule has 2 amide bonds. The summed E-state index contributed by atoms with van der Waals surface area (Å²) < 4.78 is 4.85. The molecule has 0 fully saturated rings. The summed E-state index contributed by atoms with van der Waals surface area (Å²) in [7, 11) is 4.97. The predicted molar refractivity (Wildman–Crippen MR) is 67.6 cm³/mol. The SMILES string of the molecule is CNCCN(C)C(=O)NC(CCCOC)C(=O)O. The van der Waals surface area contributed by atoms with Crippen molar-refractivity contribution >= 4 is 12.0 Å². The molecule has 0 aromatic carbocycles. The number of nitrogens with one attached hydrogen (secondary N) is 2. The molecule has 0 saturated carbocycles. The van der Waals surface area contributed by atoms with Gasteiger partial charge in [-0.05, 0) is 19.9 Å². The van der Waals surface area contributed by atoms with Crippen LogP contribution in [0.4, 0.5) is 4.79 Å². The van der Waals surface area contributed by atoms with E-state index in [0.717, 1.165) is 0 Å². The highest BCUT2D eigenvalue weighted by Gasteiger charge is 2.20. The molecular weight excluding hydrogens is 238 g/mol. The molecule has 0 aromatic rings. The number of carbonyl (C=O) groups is 2. The average Bonchev–Trinajstić information content (AvgIpc) is 2.34. The minimum absolute atomic E-state index is 0.356. The molecule has 106 valence electrons. The first-order chi connectivity index (χ1) is 8.52. The van der Waals surface area contributed by atoms with Crippen molar-refractivity contribution in [2.24, 2.45) is 0 Å². The van der Waals surface area contributed by atoms with Crippen molar-refractivity contribution in [2.75, 3.05) is 40.9 Å². The topological polar surface area (TPSA) is 90.9 Å². The fraction of sp³-hybridized carbons (Fsp3) is 0.818. The van der Waals surface area contributed by atoms with E-state index in [2.05, 4.69) is 10.6 Å². The first kappa shape index (κ1) is 16.7. The maximum Gasteiger partial charge on any atom is 0.326 e. The lowest BCUT2D eigenvalue weighted by Crippen LogP contribution is -2.47. The molecule has 0 heterocycles. The molecule has 7 heteroatoms. The van der Waals surface area contributed by atoms with E-state index in [1.54, 1.807) is 21.2 Å². The summed E-state index contributed by atoms with van der Waals surface area (Å²) in [5, 5.41) is 14.4. The second-order valence-corrected chi connectivity index (χ2v) is 4.00. The van der Waals surface area contributed by atoms with Gasteiger partial charge in [-0.15, -0.1) is 0 Å². The van der Waals surface area contributed by atoms with Gasteiger partial charge in [0.25, 0.3) is 0 Å². The van der Waals surface area contributed by atoms with Crippen LogP contribution < -0.4 is 10.6 Å². The molecule has 0 aliphatic rings. The quantitative estimate of drug-likeness (QED) is 0.497. The Kier molecular flexibility index (Phi) is 8.95. The van der Waals surface area contributed by atoms with E-state index in [1.165, 1.54) is 4.90 Å². The second kappa shape index (κ2) is 9.67. The first-order valence-corrected chi connectivity index (χ1v) is 5.90. The van der Waals surface area contributed by atoms with Crippen LogP contribution in [0.1, 0.15) is 12.8 Å². The number of carboxylic acid groups (broad SMARTS) is 1. The normalized spacial score (nSPS) is 11.9. The molecular formula is C11H23N3O4. The minimum atomic E-state index is -1.03. The second-order valence-electron chi connectivity index (χ2n) is 4.00. The van der Waals surface area contributed by atoms with Crippen LogP contribution in [0.5, 0.6) is 0 Å². The Morgan fingerprint density at radius 1 is 1.44 bits per heavy atom. The number of rotatable bonds is 9. The third-order valence-electron chi connectivity index (χ3n) is 2.48. The predicted octanol–water partition coefficient (Wildman–Crippen LogP) is -0.273. The van der Waals surface area contributed by atoms with Crippen molar-refractivity contribution in [3.8, 4) is 0 Å². The Bertz CT molecular complexity index is 261. The lowest BCUT2D eigenvalue weighted by Gasteiger charge is -2.21. The molecule has 0 radical (unpaired) electrons. The molecule has 0 bridgehead atoms. The third-order valence-corrected chi connectivity index (χ3v) is 2.48. The van der Waals surface area contributed by atoms with Crippen LogP contribution in [-0.2, 0) is 9.53 Å². The summed E-state index contributed by atoms with van der Waals surface area (Å²) in [5.41, 5.74) is 0. The van der Waals surface area contributed by atoms with Gasteiger partial charge >= 0.3 is 12.0 Å². The Balaban J connectivity index is 4.14. The van der Waals surface area contributed by atoms with Gasteiger partial charge in [0.05, 0.1) is 0 Å². The summed E-state index contributed by atoms with van der Waals surface area (Å²) in [6, 6.07) is -1.25. The number of nitrogens with zero attached hydrogens (tertiary/aromatic N) is 1. The van der Waals surface area contributed by atoms with Gasteiger partial charge in [-0.25, -0.2) is 9.59 Å². The zero-order valence-corrected chi connectivity index (χ0v) is 11.2. The molecule has 7 nitrogen and oxygen atoms in total. The number of urea groups is 1. The summed E-state index contributed by atoms with van der Waals surface area (Å²) in [6.45, 7) is 1.66. The molecule has 1 atom stereocenters. The number of carboxylic acids is 1. The summed E-state index contributed by atoms with van der Waals surface area (Å²) >= 11 is 0. The maximum absolute atomic E-state index is 11.7. The molecule has 0 spiro atoms. The monoisotopic (exact) mass is 261 g/mol. The zero-order valence-electron chi connectivity index (χ0n) is 11.2. The molecule has 1 unspecified atom stereocenters. The van der Waals surface area contributed by atoms with Gasteiger partial charge in [-0.3, -0.25) is 0 Å². The van der Waals surface area contributed by atoms with Crippen molar-refractivity contribution < 1.29 is 19.4 Å². The van der Waals surface area contributed by atoms with E-state index >= 15 is 0 Å². The smallest absolute Gasteiger partial charge is 0.326 e. The van der Waals surface area contributed by atoms with Crippen LogP contribution >= 0.6 is 0 Å². The number of hydrogen-bond acceptors (Lipinski definition) is 4. The van der Waals surface area contributed by atoms with E-state index in [4.69, 9.17) is 9.84 Å². The Morgan fingerprint density at radius 2 is 2.11 bits per heavy atom. The van der Waals surface area contributed by atoms with Crippen LogP contribution in [0.3, 0.4) is 0 Å². The van der Waals surface area contributed by atoms with E-state index in [0.29, 0.717) is 32.5 Å². The van der Waals surface area contributed by atoms with Crippen molar-refractivity contribution in [2.45, 2.75) is 18.9 Å². The van der Waals surface area contributed by atoms with Gasteiger partial charge in [-0.2, -0.15) is 0 Å². The van der Waals surface area contributed by atoms with Crippen LogP contribution in [0.25, 0.3) is 0 Å².